The van der Waals surface area contributed by atoms with Crippen molar-refractivity contribution in [3.8, 4) is 0 Å². The van der Waals surface area contributed by atoms with E-state index in [1.165, 1.54) is 24.3 Å². The summed E-state index contributed by atoms with van der Waals surface area (Å²) in [6, 6.07) is 19.3. The standard InChI is InChI=1S/C23H16ClN3O4/c1-14-18(24)8-5-9-19(14)25-21-20(15-10-12-17(13-11-15)27(30)31)22(28)26(23(21)29)16-6-3-2-4-7-16/h2-13,25H,1H3. The predicted molar refractivity (Wildman–Crippen MR) is 119 cm³/mol. The number of nitro benzene ring substituents is 1. The second-order valence-corrected chi connectivity index (χ2v) is 7.28. The van der Waals surface area contributed by atoms with Crippen molar-refractivity contribution in [1.82, 2.24) is 0 Å². The van der Waals surface area contributed by atoms with Crippen molar-refractivity contribution in [3.05, 3.63) is 105 Å². The topological polar surface area (TPSA) is 92.6 Å². The van der Waals surface area contributed by atoms with E-state index in [2.05, 4.69) is 5.32 Å². The molecule has 8 heteroatoms. The third-order valence-corrected chi connectivity index (χ3v) is 5.40. The van der Waals surface area contributed by atoms with Gasteiger partial charge in [-0.2, -0.15) is 0 Å². The number of nitro groups is 1. The summed E-state index contributed by atoms with van der Waals surface area (Å²) in [4.78, 5) is 38.2. The van der Waals surface area contributed by atoms with Crippen LogP contribution in [0.15, 0.2) is 78.5 Å². The number of benzene rings is 3. The predicted octanol–water partition coefficient (Wildman–Crippen LogP) is 4.95. The highest BCUT2D eigenvalue weighted by Crippen LogP contribution is 2.35. The molecule has 31 heavy (non-hydrogen) atoms. The van der Waals surface area contributed by atoms with E-state index in [0.29, 0.717) is 22.0 Å². The summed E-state index contributed by atoms with van der Waals surface area (Å²) in [7, 11) is 0. The molecular weight excluding hydrogens is 418 g/mol. The number of carbonyl (C=O) groups is 2. The van der Waals surface area contributed by atoms with Crippen LogP contribution < -0.4 is 10.2 Å². The average Bonchev–Trinajstić information content (AvgIpc) is 3.01. The smallest absolute Gasteiger partial charge is 0.282 e. The van der Waals surface area contributed by atoms with Gasteiger partial charge in [0.15, 0.2) is 0 Å². The molecular formula is C23H16ClN3O4. The third-order valence-electron chi connectivity index (χ3n) is 4.99. The summed E-state index contributed by atoms with van der Waals surface area (Å²) in [6.07, 6.45) is 0. The molecule has 1 heterocycles. The summed E-state index contributed by atoms with van der Waals surface area (Å²) < 4.78 is 0. The van der Waals surface area contributed by atoms with Gasteiger partial charge in [0.25, 0.3) is 17.5 Å². The first kappa shape index (κ1) is 20.3. The van der Waals surface area contributed by atoms with E-state index in [1.807, 2.05) is 0 Å². The number of amides is 2. The Morgan fingerprint density at radius 3 is 2.23 bits per heavy atom. The summed E-state index contributed by atoms with van der Waals surface area (Å²) in [6.45, 7) is 1.80. The molecule has 1 aliphatic heterocycles. The Labute approximate surface area is 182 Å². The molecule has 0 fully saturated rings. The number of non-ortho nitro benzene ring substituents is 1. The number of carbonyl (C=O) groups excluding carboxylic acids is 2. The van der Waals surface area contributed by atoms with Crippen LogP contribution in [0.4, 0.5) is 17.1 Å². The van der Waals surface area contributed by atoms with Gasteiger partial charge in [0.2, 0.25) is 0 Å². The lowest BCUT2D eigenvalue weighted by molar-refractivity contribution is -0.384. The molecule has 1 aliphatic rings. The highest BCUT2D eigenvalue weighted by molar-refractivity contribution is 6.46. The number of rotatable bonds is 5. The van der Waals surface area contributed by atoms with Crippen molar-refractivity contribution >= 4 is 46.1 Å². The molecule has 0 bridgehead atoms. The molecule has 0 unspecified atom stereocenters. The zero-order valence-electron chi connectivity index (χ0n) is 16.3. The molecule has 4 rings (SSSR count). The van der Waals surface area contributed by atoms with Gasteiger partial charge in [-0.15, -0.1) is 0 Å². The van der Waals surface area contributed by atoms with Crippen molar-refractivity contribution in [2.75, 3.05) is 10.2 Å². The lowest BCUT2D eigenvalue weighted by Crippen LogP contribution is -2.32. The second-order valence-electron chi connectivity index (χ2n) is 6.87. The van der Waals surface area contributed by atoms with E-state index in [-0.39, 0.29) is 17.0 Å². The van der Waals surface area contributed by atoms with Crippen LogP contribution in [0, 0.1) is 17.0 Å². The molecule has 0 saturated carbocycles. The Bertz CT molecular complexity index is 1240. The molecule has 7 nitrogen and oxygen atoms in total. The zero-order valence-corrected chi connectivity index (χ0v) is 17.1. The fourth-order valence-electron chi connectivity index (χ4n) is 3.35. The Morgan fingerprint density at radius 2 is 1.58 bits per heavy atom. The van der Waals surface area contributed by atoms with Crippen LogP contribution in [0.5, 0.6) is 0 Å². The quantitative estimate of drug-likeness (QED) is 0.349. The molecule has 0 aliphatic carbocycles. The second kappa shape index (κ2) is 8.04. The fourth-order valence-corrected chi connectivity index (χ4v) is 3.53. The first-order chi connectivity index (χ1) is 14.9. The van der Waals surface area contributed by atoms with Crippen LogP contribution in [0.25, 0.3) is 5.57 Å². The van der Waals surface area contributed by atoms with E-state index < -0.39 is 16.7 Å². The van der Waals surface area contributed by atoms with Gasteiger partial charge >= 0.3 is 0 Å². The van der Waals surface area contributed by atoms with E-state index in [1.54, 1.807) is 55.5 Å². The third kappa shape index (κ3) is 3.67. The number of hydrogen-bond donors (Lipinski definition) is 1. The highest BCUT2D eigenvalue weighted by atomic mass is 35.5. The minimum Gasteiger partial charge on any atom is -0.350 e. The number of nitrogens with one attached hydrogen (secondary N) is 1. The maximum Gasteiger partial charge on any atom is 0.282 e. The molecule has 1 N–H and O–H groups in total. The number of nitrogens with zero attached hydrogens (tertiary/aromatic N) is 2. The van der Waals surface area contributed by atoms with E-state index in [0.717, 1.165) is 10.5 Å². The fraction of sp³-hybridized carbons (Fsp3) is 0.0435. The monoisotopic (exact) mass is 433 g/mol. The summed E-state index contributed by atoms with van der Waals surface area (Å²) >= 11 is 6.21. The van der Waals surface area contributed by atoms with Gasteiger partial charge in [-0.05, 0) is 54.4 Å². The van der Waals surface area contributed by atoms with Crippen LogP contribution in [0.1, 0.15) is 11.1 Å². The molecule has 2 amide bonds. The first-order valence-electron chi connectivity index (χ1n) is 9.33. The minimum absolute atomic E-state index is 0.0769. The number of anilines is 2. The zero-order chi connectivity index (χ0) is 22.1. The molecule has 3 aromatic carbocycles. The van der Waals surface area contributed by atoms with Gasteiger partial charge in [0.05, 0.1) is 16.2 Å². The Balaban J connectivity index is 1.85. The van der Waals surface area contributed by atoms with Gasteiger partial charge in [-0.1, -0.05) is 35.9 Å². The van der Waals surface area contributed by atoms with Gasteiger partial charge in [-0.3, -0.25) is 19.7 Å². The Hall–Kier alpha value is -3.97. The highest BCUT2D eigenvalue weighted by Gasteiger charge is 2.40. The molecule has 0 aromatic heterocycles. The van der Waals surface area contributed by atoms with E-state index in [4.69, 9.17) is 11.6 Å². The largest absolute Gasteiger partial charge is 0.350 e. The van der Waals surface area contributed by atoms with Crippen molar-refractivity contribution in [3.63, 3.8) is 0 Å². The van der Waals surface area contributed by atoms with Gasteiger partial charge in [0.1, 0.15) is 5.70 Å². The van der Waals surface area contributed by atoms with E-state index >= 15 is 0 Å². The van der Waals surface area contributed by atoms with Crippen LogP contribution in [0.2, 0.25) is 5.02 Å². The van der Waals surface area contributed by atoms with Crippen molar-refractivity contribution in [2.24, 2.45) is 0 Å². The number of halogens is 1. The molecule has 0 saturated heterocycles. The SMILES string of the molecule is Cc1c(Cl)cccc1NC1=C(c2ccc([N+](=O)[O-])cc2)C(=O)N(c2ccccc2)C1=O. The molecule has 0 spiro atoms. The normalized spacial score (nSPS) is 13.7. The lowest BCUT2D eigenvalue weighted by atomic mass is 10.0. The van der Waals surface area contributed by atoms with Gasteiger partial charge in [-0.25, -0.2) is 4.90 Å². The van der Waals surface area contributed by atoms with Crippen LogP contribution in [0.3, 0.4) is 0 Å². The maximum absolute atomic E-state index is 13.3. The molecule has 3 aromatic rings. The Kier molecular flexibility index (Phi) is 5.27. The van der Waals surface area contributed by atoms with Gasteiger partial charge in [0, 0.05) is 22.8 Å². The van der Waals surface area contributed by atoms with Crippen LogP contribution >= 0.6 is 11.6 Å². The van der Waals surface area contributed by atoms with Crippen molar-refractivity contribution < 1.29 is 14.5 Å². The summed E-state index contributed by atoms with van der Waals surface area (Å²) in [5.41, 5.74) is 2.22. The number of para-hydroxylation sites is 1. The van der Waals surface area contributed by atoms with E-state index in [9.17, 15) is 19.7 Å². The summed E-state index contributed by atoms with van der Waals surface area (Å²) in [5.74, 6) is -1.05. The number of hydrogen-bond acceptors (Lipinski definition) is 5. The Morgan fingerprint density at radius 1 is 0.903 bits per heavy atom. The summed E-state index contributed by atoms with van der Waals surface area (Å²) in [5, 5.41) is 14.6. The first-order valence-corrected chi connectivity index (χ1v) is 9.71. The average molecular weight is 434 g/mol. The number of imide groups is 1. The maximum atomic E-state index is 13.3. The van der Waals surface area contributed by atoms with Gasteiger partial charge < -0.3 is 5.32 Å². The lowest BCUT2D eigenvalue weighted by Gasteiger charge is -2.15. The molecule has 0 atom stereocenters. The van der Waals surface area contributed by atoms with Crippen molar-refractivity contribution in [2.45, 2.75) is 6.92 Å². The minimum atomic E-state index is -0.524. The van der Waals surface area contributed by atoms with Crippen LogP contribution in [-0.2, 0) is 9.59 Å². The van der Waals surface area contributed by atoms with Crippen molar-refractivity contribution in [1.29, 1.82) is 0 Å². The van der Waals surface area contributed by atoms with Crippen LogP contribution in [-0.4, -0.2) is 16.7 Å². The molecule has 0 radical (unpaired) electrons. The molecule has 154 valence electrons.